The van der Waals surface area contributed by atoms with E-state index in [9.17, 15) is 29.3 Å². The summed E-state index contributed by atoms with van der Waals surface area (Å²) in [6, 6.07) is 4.63. The third-order valence-electron chi connectivity index (χ3n) is 10.1. The van der Waals surface area contributed by atoms with Gasteiger partial charge in [-0.2, -0.15) is 0 Å². The standard InChI is InChI=1S/C38H63N5O9/c1-13-25(4)33(41(10)36(46)32(24(2)3)39-37(47)52-38(6,7)8)30(50-11)23-31(44)42-21-14-15-29(42)34(51-12)26(5)35(45)40(9)22-20-27-16-18-28(19-17-27)43(48)49/h16-19,24-26,29-30,32-34H,13-15,20-23H2,1-12H3,(H,39,47)/t25-,26+,29-,30+,32-,33-,34+/m0/s1. The number of carbonyl (C=O) groups excluding carboxylic acids is 4. The normalized spacial score (nSPS) is 18.2. The minimum atomic E-state index is -0.851. The monoisotopic (exact) mass is 733 g/mol. The highest BCUT2D eigenvalue weighted by atomic mass is 16.6. The van der Waals surface area contributed by atoms with Gasteiger partial charge in [0.15, 0.2) is 0 Å². The van der Waals surface area contributed by atoms with Gasteiger partial charge in [0, 0.05) is 53.5 Å². The Hall–Kier alpha value is -3.78. The van der Waals surface area contributed by atoms with Gasteiger partial charge in [-0.3, -0.25) is 24.5 Å². The summed E-state index contributed by atoms with van der Waals surface area (Å²) in [5.74, 6) is -1.40. The molecule has 0 saturated carbocycles. The van der Waals surface area contributed by atoms with Crippen LogP contribution in [0.3, 0.4) is 0 Å². The lowest BCUT2D eigenvalue weighted by atomic mass is 9.89. The molecule has 1 aromatic rings. The van der Waals surface area contributed by atoms with Crippen LogP contribution < -0.4 is 5.32 Å². The fourth-order valence-electron chi connectivity index (χ4n) is 7.00. The average molecular weight is 734 g/mol. The molecule has 1 aliphatic heterocycles. The van der Waals surface area contributed by atoms with Crippen LogP contribution in [0.2, 0.25) is 0 Å². The van der Waals surface area contributed by atoms with Crippen molar-refractivity contribution in [3.05, 3.63) is 39.9 Å². The number of benzene rings is 1. The Labute approximate surface area is 310 Å². The van der Waals surface area contributed by atoms with E-state index in [1.807, 2.05) is 34.6 Å². The van der Waals surface area contributed by atoms with Crippen LogP contribution in [-0.2, 0) is 35.0 Å². The first kappa shape index (κ1) is 44.4. The average Bonchev–Trinajstić information content (AvgIpc) is 3.57. The molecule has 294 valence electrons. The second-order valence-electron chi connectivity index (χ2n) is 15.4. The van der Waals surface area contributed by atoms with E-state index >= 15 is 0 Å². The first-order valence-electron chi connectivity index (χ1n) is 18.4. The molecule has 0 spiro atoms. The topological polar surface area (TPSA) is 161 Å². The number of nitrogens with one attached hydrogen (secondary N) is 1. The highest BCUT2D eigenvalue weighted by Crippen LogP contribution is 2.30. The zero-order valence-electron chi connectivity index (χ0n) is 33.3. The number of non-ortho nitro benzene ring substituents is 1. The van der Waals surface area contributed by atoms with Gasteiger partial charge in [0.2, 0.25) is 17.7 Å². The minimum Gasteiger partial charge on any atom is -0.444 e. The molecule has 0 aromatic heterocycles. The SMILES string of the molecule is CC[C@H](C)[C@@H]([C@@H](CC(=O)N1CCC[C@H]1[C@H](OC)[C@@H](C)C(=O)N(C)CCc1ccc([N+](=O)[O-])cc1)OC)N(C)C(=O)[C@@H](NC(=O)OC(C)(C)C)C(C)C. The number of ether oxygens (including phenoxy) is 3. The van der Waals surface area contributed by atoms with Crippen LogP contribution in [0.4, 0.5) is 10.5 Å². The second kappa shape index (κ2) is 19.9. The molecule has 0 aliphatic carbocycles. The molecule has 7 atom stereocenters. The molecular weight excluding hydrogens is 670 g/mol. The largest absolute Gasteiger partial charge is 0.444 e. The molecule has 14 heteroatoms. The number of hydrogen-bond donors (Lipinski definition) is 1. The first-order chi connectivity index (χ1) is 24.3. The summed E-state index contributed by atoms with van der Waals surface area (Å²) >= 11 is 0. The summed E-state index contributed by atoms with van der Waals surface area (Å²) in [4.78, 5) is 69.9. The molecule has 0 radical (unpaired) electrons. The molecule has 0 unspecified atom stereocenters. The summed E-state index contributed by atoms with van der Waals surface area (Å²) < 4.78 is 17.3. The molecule has 1 N–H and O–H groups in total. The van der Waals surface area contributed by atoms with Gasteiger partial charge in [-0.25, -0.2) is 4.79 Å². The summed E-state index contributed by atoms with van der Waals surface area (Å²) in [6.45, 7) is 15.7. The van der Waals surface area contributed by atoms with Crippen molar-refractivity contribution in [1.82, 2.24) is 20.0 Å². The molecule has 1 heterocycles. The van der Waals surface area contributed by atoms with Gasteiger partial charge in [-0.15, -0.1) is 0 Å². The lowest BCUT2D eigenvalue weighted by Gasteiger charge is -2.41. The number of hydrogen-bond acceptors (Lipinski definition) is 9. The Kier molecular flexibility index (Phi) is 17.0. The van der Waals surface area contributed by atoms with E-state index in [0.29, 0.717) is 25.9 Å². The van der Waals surface area contributed by atoms with Crippen LogP contribution in [0.25, 0.3) is 0 Å². The number of amides is 4. The highest BCUT2D eigenvalue weighted by molar-refractivity contribution is 5.86. The van der Waals surface area contributed by atoms with Crippen molar-refractivity contribution in [3.63, 3.8) is 0 Å². The molecule has 4 amide bonds. The molecule has 1 aromatic carbocycles. The van der Waals surface area contributed by atoms with Gasteiger partial charge < -0.3 is 34.2 Å². The Morgan fingerprint density at radius 2 is 1.63 bits per heavy atom. The maximum Gasteiger partial charge on any atom is 0.408 e. The van der Waals surface area contributed by atoms with Crippen LogP contribution in [0.5, 0.6) is 0 Å². The Morgan fingerprint density at radius 1 is 1.02 bits per heavy atom. The van der Waals surface area contributed by atoms with E-state index in [-0.39, 0.29) is 47.7 Å². The number of alkyl carbamates (subject to hydrolysis) is 1. The van der Waals surface area contributed by atoms with Crippen LogP contribution in [0.15, 0.2) is 24.3 Å². The second-order valence-corrected chi connectivity index (χ2v) is 15.4. The zero-order chi connectivity index (χ0) is 39.5. The number of rotatable bonds is 18. The van der Waals surface area contributed by atoms with E-state index in [0.717, 1.165) is 18.4 Å². The molecule has 1 saturated heterocycles. The molecule has 1 aliphatic rings. The van der Waals surface area contributed by atoms with Crippen LogP contribution in [0.1, 0.15) is 86.6 Å². The maximum atomic E-state index is 14.1. The molecule has 0 bridgehead atoms. The van der Waals surface area contributed by atoms with Crippen molar-refractivity contribution in [2.24, 2.45) is 17.8 Å². The van der Waals surface area contributed by atoms with Crippen molar-refractivity contribution in [2.45, 2.75) is 123 Å². The number of nitrogens with zero attached hydrogens (tertiary/aromatic N) is 4. The lowest BCUT2D eigenvalue weighted by Crippen LogP contribution is -2.58. The number of likely N-dealkylation sites (N-methyl/N-ethyl adjacent to an activating group) is 2. The number of nitro benzene ring substituents is 1. The smallest absolute Gasteiger partial charge is 0.408 e. The summed E-state index contributed by atoms with van der Waals surface area (Å²) in [6.07, 6.45) is 0.815. The van der Waals surface area contributed by atoms with Crippen LogP contribution in [-0.4, -0.2) is 121 Å². The van der Waals surface area contributed by atoms with Crippen LogP contribution >= 0.6 is 0 Å². The van der Waals surface area contributed by atoms with Crippen molar-refractivity contribution < 1.29 is 38.3 Å². The van der Waals surface area contributed by atoms with Gasteiger partial charge in [0.1, 0.15) is 11.6 Å². The van der Waals surface area contributed by atoms with E-state index in [1.165, 1.54) is 19.2 Å². The molecule has 14 nitrogen and oxygen atoms in total. The first-order valence-corrected chi connectivity index (χ1v) is 18.4. The van der Waals surface area contributed by atoms with E-state index in [1.54, 1.807) is 68.8 Å². The minimum absolute atomic E-state index is 0.0133. The fourth-order valence-corrected chi connectivity index (χ4v) is 7.00. The quantitative estimate of drug-likeness (QED) is 0.161. The third-order valence-corrected chi connectivity index (χ3v) is 10.1. The number of carbonyl (C=O) groups is 4. The van der Waals surface area contributed by atoms with Crippen molar-refractivity contribution in [2.75, 3.05) is 41.4 Å². The highest BCUT2D eigenvalue weighted by Gasteiger charge is 2.43. The van der Waals surface area contributed by atoms with Crippen LogP contribution in [0, 0.1) is 27.9 Å². The number of nitro groups is 1. The van der Waals surface area contributed by atoms with Gasteiger partial charge in [0.25, 0.3) is 5.69 Å². The lowest BCUT2D eigenvalue weighted by molar-refractivity contribution is -0.384. The fraction of sp³-hybridized carbons (Fsp3) is 0.737. The van der Waals surface area contributed by atoms with Gasteiger partial charge in [-0.1, -0.05) is 53.2 Å². The Balaban J connectivity index is 2.20. The Bertz CT molecular complexity index is 1350. The molecule has 2 rings (SSSR count). The zero-order valence-corrected chi connectivity index (χ0v) is 33.3. The predicted molar refractivity (Wildman–Crippen MR) is 199 cm³/mol. The van der Waals surface area contributed by atoms with Crippen molar-refractivity contribution >= 4 is 29.5 Å². The predicted octanol–water partition coefficient (Wildman–Crippen LogP) is 5.07. The molecular formula is C38H63N5O9. The van der Waals surface area contributed by atoms with Crippen molar-refractivity contribution in [1.29, 1.82) is 0 Å². The van der Waals surface area contributed by atoms with E-state index in [4.69, 9.17) is 14.2 Å². The van der Waals surface area contributed by atoms with Gasteiger partial charge in [0.05, 0.1) is 41.6 Å². The third kappa shape index (κ3) is 12.1. The van der Waals surface area contributed by atoms with E-state index < -0.39 is 46.8 Å². The maximum absolute atomic E-state index is 14.1. The summed E-state index contributed by atoms with van der Waals surface area (Å²) in [5.41, 5.74) is 0.165. The molecule has 52 heavy (non-hydrogen) atoms. The number of methoxy groups -OCH3 is 2. The van der Waals surface area contributed by atoms with E-state index in [2.05, 4.69) is 5.32 Å². The molecule has 1 fully saturated rings. The summed E-state index contributed by atoms with van der Waals surface area (Å²) in [5, 5.41) is 13.7. The summed E-state index contributed by atoms with van der Waals surface area (Å²) in [7, 11) is 6.50. The number of likely N-dealkylation sites (tertiary alicyclic amines) is 1. The van der Waals surface area contributed by atoms with Crippen molar-refractivity contribution in [3.8, 4) is 0 Å². The van der Waals surface area contributed by atoms with Gasteiger partial charge in [-0.05, 0) is 57.4 Å². The van der Waals surface area contributed by atoms with Gasteiger partial charge >= 0.3 is 6.09 Å². The Morgan fingerprint density at radius 3 is 2.13 bits per heavy atom.